The minimum atomic E-state index is -0.0415. The number of hydrogen-bond acceptors (Lipinski definition) is 3. The Kier molecular flexibility index (Phi) is 5.06. The normalized spacial score (nSPS) is 39.2. The highest BCUT2D eigenvalue weighted by atomic mass is 35.5. The van der Waals surface area contributed by atoms with Crippen molar-refractivity contribution in [3.63, 3.8) is 0 Å². The monoisotopic (exact) mass is 444 g/mol. The van der Waals surface area contributed by atoms with E-state index in [1.54, 1.807) is 11.6 Å². The highest BCUT2D eigenvalue weighted by molar-refractivity contribution is 6.43. The second kappa shape index (κ2) is 7.38. The van der Waals surface area contributed by atoms with Crippen molar-refractivity contribution in [2.75, 3.05) is 5.43 Å². The molecule has 1 aromatic carbocycles. The SMILES string of the molecule is C[C@]12CC[C@@H]3[C@H](CCC4=C/C(=N/Nc5cccc(Cl)c5Cl)CC[C@]43C)[C@H]1CCC2=O. The topological polar surface area (TPSA) is 41.5 Å². The van der Waals surface area contributed by atoms with Crippen molar-refractivity contribution in [2.45, 2.75) is 65.2 Å². The molecule has 0 bridgehead atoms. The number of Topliss-reactive ketones (excluding diaryl/α,β-unsaturated/α-hetero) is 1. The van der Waals surface area contributed by atoms with Crippen molar-refractivity contribution in [1.82, 2.24) is 0 Å². The summed E-state index contributed by atoms with van der Waals surface area (Å²) in [6, 6.07) is 5.55. The lowest BCUT2D eigenvalue weighted by atomic mass is 9.47. The highest BCUT2D eigenvalue weighted by Crippen LogP contribution is 2.64. The van der Waals surface area contributed by atoms with Crippen LogP contribution in [-0.2, 0) is 4.79 Å². The number of fused-ring (bicyclic) bond motifs is 5. The van der Waals surface area contributed by atoms with Gasteiger partial charge in [0.1, 0.15) is 5.78 Å². The van der Waals surface area contributed by atoms with Crippen molar-refractivity contribution in [1.29, 1.82) is 0 Å². The number of allylic oxidation sites excluding steroid dienone is 2. The highest BCUT2D eigenvalue weighted by Gasteiger charge is 2.58. The number of rotatable bonds is 2. The fourth-order valence-corrected chi connectivity index (χ4v) is 7.50. The molecule has 0 radical (unpaired) electrons. The summed E-state index contributed by atoms with van der Waals surface area (Å²) < 4.78 is 0. The van der Waals surface area contributed by atoms with Gasteiger partial charge in [-0.25, -0.2) is 0 Å². The van der Waals surface area contributed by atoms with Crippen LogP contribution >= 0.6 is 23.2 Å². The molecule has 0 amide bonds. The average molecular weight is 445 g/mol. The van der Waals surface area contributed by atoms with Crippen LogP contribution in [0.5, 0.6) is 0 Å². The van der Waals surface area contributed by atoms with Gasteiger partial charge in [0.2, 0.25) is 0 Å². The lowest BCUT2D eigenvalue weighted by Gasteiger charge is -2.57. The van der Waals surface area contributed by atoms with Gasteiger partial charge in [-0.1, -0.05) is 48.7 Å². The average Bonchev–Trinajstić information content (AvgIpc) is 3.04. The van der Waals surface area contributed by atoms with Gasteiger partial charge in [-0.2, -0.15) is 5.10 Å². The molecule has 5 heteroatoms. The first-order chi connectivity index (χ1) is 14.3. The first kappa shape index (κ1) is 20.6. The zero-order valence-electron chi connectivity index (χ0n) is 17.8. The van der Waals surface area contributed by atoms with Gasteiger partial charge in [-0.3, -0.25) is 10.2 Å². The molecule has 0 spiro atoms. The van der Waals surface area contributed by atoms with Crippen LogP contribution < -0.4 is 5.43 Å². The standard InChI is InChI=1S/C25H30Cl2N2O/c1-24-12-10-16(28-29-21-5-3-4-20(26)23(21)27)14-15(24)6-7-17-18-8-9-22(30)25(18,2)13-11-19(17)24/h3-5,14,17-19,29H,6-13H2,1-2H3/b28-16+/t17-,18-,19-,24-,25+/m1/s1. The second-order valence-corrected chi connectivity index (χ2v) is 11.0. The van der Waals surface area contributed by atoms with E-state index >= 15 is 0 Å². The van der Waals surface area contributed by atoms with Gasteiger partial charge in [0.15, 0.2) is 0 Å². The van der Waals surface area contributed by atoms with Gasteiger partial charge in [-0.15, -0.1) is 0 Å². The molecule has 3 fully saturated rings. The number of halogens is 2. The third-order valence-electron chi connectivity index (χ3n) is 8.96. The van der Waals surface area contributed by atoms with Crippen LogP contribution in [0, 0.1) is 28.6 Å². The first-order valence-corrected chi connectivity index (χ1v) is 12.1. The van der Waals surface area contributed by atoms with Crippen LogP contribution in [0.1, 0.15) is 65.2 Å². The molecule has 160 valence electrons. The maximum atomic E-state index is 12.6. The van der Waals surface area contributed by atoms with Gasteiger partial charge in [0.25, 0.3) is 0 Å². The van der Waals surface area contributed by atoms with E-state index in [0.717, 1.165) is 49.9 Å². The fraction of sp³-hybridized carbons (Fsp3) is 0.600. The quantitative estimate of drug-likeness (QED) is 0.486. The van der Waals surface area contributed by atoms with Crippen molar-refractivity contribution < 1.29 is 4.79 Å². The summed E-state index contributed by atoms with van der Waals surface area (Å²) in [6.45, 7) is 4.74. The third-order valence-corrected chi connectivity index (χ3v) is 9.78. The molecule has 1 aromatic rings. The third kappa shape index (κ3) is 3.07. The molecule has 3 nitrogen and oxygen atoms in total. The van der Waals surface area contributed by atoms with Gasteiger partial charge < -0.3 is 0 Å². The maximum absolute atomic E-state index is 12.6. The van der Waals surface area contributed by atoms with Crippen molar-refractivity contribution in [3.05, 3.63) is 39.9 Å². The molecule has 5 atom stereocenters. The molecule has 0 heterocycles. The summed E-state index contributed by atoms with van der Waals surface area (Å²) in [6.07, 6.45) is 11.0. The van der Waals surface area contributed by atoms with Crippen LogP contribution in [0.4, 0.5) is 5.69 Å². The van der Waals surface area contributed by atoms with Crippen LogP contribution in [-0.4, -0.2) is 11.5 Å². The van der Waals surface area contributed by atoms with Crippen molar-refractivity contribution in [2.24, 2.45) is 33.7 Å². The molecule has 5 rings (SSSR count). The van der Waals surface area contributed by atoms with Gasteiger partial charge in [-0.05, 0) is 86.3 Å². The second-order valence-electron chi connectivity index (χ2n) is 10.2. The van der Waals surface area contributed by atoms with E-state index in [1.807, 2.05) is 12.1 Å². The van der Waals surface area contributed by atoms with E-state index in [2.05, 4.69) is 30.5 Å². The van der Waals surface area contributed by atoms with E-state index in [1.165, 1.54) is 12.8 Å². The molecule has 4 aliphatic rings. The molecule has 4 aliphatic carbocycles. The zero-order valence-corrected chi connectivity index (χ0v) is 19.3. The van der Waals surface area contributed by atoms with E-state index in [0.29, 0.717) is 33.6 Å². The largest absolute Gasteiger partial charge is 0.299 e. The van der Waals surface area contributed by atoms with Crippen molar-refractivity contribution in [3.8, 4) is 0 Å². The number of carbonyl (C=O) groups excluding carboxylic acids is 1. The van der Waals surface area contributed by atoms with Crippen LogP contribution in [0.2, 0.25) is 10.0 Å². The lowest BCUT2D eigenvalue weighted by molar-refractivity contribution is -0.132. The summed E-state index contributed by atoms with van der Waals surface area (Å²) in [7, 11) is 0. The molecule has 0 unspecified atom stereocenters. The van der Waals surface area contributed by atoms with E-state index in [9.17, 15) is 4.79 Å². The van der Waals surface area contributed by atoms with Gasteiger partial charge >= 0.3 is 0 Å². The summed E-state index contributed by atoms with van der Waals surface area (Å²) in [5.41, 5.74) is 6.72. The Morgan fingerprint density at radius 1 is 1.00 bits per heavy atom. The Labute approximate surface area is 189 Å². The predicted molar refractivity (Wildman–Crippen MR) is 124 cm³/mol. The smallest absolute Gasteiger partial charge is 0.139 e. The van der Waals surface area contributed by atoms with Crippen LogP contribution in [0.15, 0.2) is 34.9 Å². The Hall–Kier alpha value is -1.32. The predicted octanol–water partition coefficient (Wildman–Crippen LogP) is 7.29. The van der Waals surface area contributed by atoms with E-state index in [-0.39, 0.29) is 10.8 Å². The van der Waals surface area contributed by atoms with Crippen LogP contribution in [0.3, 0.4) is 0 Å². The van der Waals surface area contributed by atoms with Gasteiger partial charge in [0, 0.05) is 11.8 Å². The minimum absolute atomic E-state index is 0.0415. The number of carbonyl (C=O) groups is 1. The Morgan fingerprint density at radius 2 is 1.80 bits per heavy atom. The molecule has 0 aromatic heterocycles. The Bertz CT molecular complexity index is 954. The van der Waals surface area contributed by atoms with E-state index in [4.69, 9.17) is 23.2 Å². The van der Waals surface area contributed by atoms with Crippen molar-refractivity contribution >= 4 is 40.4 Å². The number of hydrazone groups is 1. The summed E-state index contributed by atoms with van der Waals surface area (Å²) in [5, 5.41) is 5.70. The Morgan fingerprint density at radius 3 is 2.63 bits per heavy atom. The number of ketones is 1. The van der Waals surface area contributed by atoms with Gasteiger partial charge in [0.05, 0.1) is 21.4 Å². The summed E-state index contributed by atoms with van der Waals surface area (Å²) in [5.74, 6) is 2.54. The number of benzene rings is 1. The zero-order chi connectivity index (χ0) is 21.1. The first-order valence-electron chi connectivity index (χ1n) is 11.3. The number of hydrogen-bond donors (Lipinski definition) is 1. The number of nitrogens with zero attached hydrogens (tertiary/aromatic N) is 1. The molecule has 30 heavy (non-hydrogen) atoms. The molecule has 0 saturated heterocycles. The summed E-state index contributed by atoms with van der Waals surface area (Å²) >= 11 is 12.4. The number of nitrogens with one attached hydrogen (secondary N) is 1. The summed E-state index contributed by atoms with van der Waals surface area (Å²) in [4.78, 5) is 12.6. The minimum Gasteiger partial charge on any atom is -0.299 e. The lowest BCUT2D eigenvalue weighted by Crippen LogP contribution is -2.50. The molecule has 0 aliphatic heterocycles. The number of anilines is 1. The molecule has 3 saturated carbocycles. The van der Waals surface area contributed by atoms with Crippen LogP contribution in [0.25, 0.3) is 0 Å². The maximum Gasteiger partial charge on any atom is 0.139 e. The Balaban J connectivity index is 1.38. The molecule has 1 N–H and O–H groups in total. The fourth-order valence-electron chi connectivity index (χ4n) is 7.15. The molecular weight excluding hydrogens is 415 g/mol. The van der Waals surface area contributed by atoms with E-state index < -0.39 is 0 Å². The molecular formula is C25H30Cl2N2O.